The quantitative estimate of drug-likeness (QED) is 0.577. The molecule has 0 unspecified atom stereocenters. The SMILES string of the molecule is CCOc1cc([C@@H]2CC(=O)Nc3c(S(=O)(=O)c4ccc(C)cc4)csc32)ccc1OC. The minimum atomic E-state index is -3.76. The molecule has 1 N–H and O–H groups in total. The molecule has 3 aromatic rings. The molecule has 0 bridgehead atoms. The Balaban J connectivity index is 1.79. The van der Waals surface area contributed by atoms with Crippen molar-refractivity contribution >= 4 is 32.8 Å². The van der Waals surface area contributed by atoms with Gasteiger partial charge in [0.1, 0.15) is 4.90 Å². The number of sulfone groups is 1. The summed E-state index contributed by atoms with van der Waals surface area (Å²) in [7, 11) is -2.18. The van der Waals surface area contributed by atoms with Crippen LogP contribution >= 0.6 is 11.3 Å². The lowest BCUT2D eigenvalue weighted by Gasteiger charge is -2.24. The van der Waals surface area contributed by atoms with Gasteiger partial charge in [0.25, 0.3) is 0 Å². The highest BCUT2D eigenvalue weighted by molar-refractivity contribution is 7.91. The van der Waals surface area contributed by atoms with Crippen LogP contribution in [0.1, 0.15) is 35.3 Å². The topological polar surface area (TPSA) is 81.7 Å². The first kappa shape index (κ1) is 21.4. The Morgan fingerprint density at radius 2 is 1.87 bits per heavy atom. The molecule has 1 atom stereocenters. The Morgan fingerprint density at radius 3 is 2.55 bits per heavy atom. The molecule has 31 heavy (non-hydrogen) atoms. The van der Waals surface area contributed by atoms with Crippen molar-refractivity contribution in [2.45, 2.75) is 36.0 Å². The van der Waals surface area contributed by atoms with Gasteiger partial charge in [0.15, 0.2) is 11.5 Å². The fourth-order valence-electron chi connectivity index (χ4n) is 3.69. The zero-order valence-corrected chi connectivity index (χ0v) is 19.1. The van der Waals surface area contributed by atoms with Gasteiger partial charge < -0.3 is 14.8 Å². The first-order valence-electron chi connectivity index (χ1n) is 9.89. The molecule has 6 nitrogen and oxygen atoms in total. The number of aryl methyl sites for hydroxylation is 1. The third kappa shape index (κ3) is 3.93. The van der Waals surface area contributed by atoms with Gasteiger partial charge in [-0.3, -0.25) is 4.79 Å². The molecule has 162 valence electrons. The zero-order chi connectivity index (χ0) is 22.2. The summed E-state index contributed by atoms with van der Waals surface area (Å²) in [4.78, 5) is 13.7. The van der Waals surface area contributed by atoms with Crippen LogP contribution in [0.5, 0.6) is 11.5 Å². The lowest BCUT2D eigenvalue weighted by atomic mass is 9.90. The summed E-state index contributed by atoms with van der Waals surface area (Å²) in [6.45, 7) is 4.27. The molecule has 1 aliphatic rings. The van der Waals surface area contributed by atoms with E-state index >= 15 is 0 Å². The highest BCUT2D eigenvalue weighted by Crippen LogP contribution is 2.47. The number of hydrogen-bond acceptors (Lipinski definition) is 6. The van der Waals surface area contributed by atoms with E-state index in [-0.39, 0.29) is 28.0 Å². The average Bonchev–Trinajstić information content (AvgIpc) is 3.18. The van der Waals surface area contributed by atoms with Gasteiger partial charge in [-0.25, -0.2) is 8.42 Å². The predicted molar refractivity (Wildman–Crippen MR) is 120 cm³/mol. The number of rotatable bonds is 6. The van der Waals surface area contributed by atoms with E-state index in [1.54, 1.807) is 36.8 Å². The summed E-state index contributed by atoms with van der Waals surface area (Å²) in [5.74, 6) is 0.727. The third-order valence-corrected chi connectivity index (χ3v) is 8.31. The summed E-state index contributed by atoms with van der Waals surface area (Å²) in [5, 5.41) is 4.41. The summed E-state index contributed by atoms with van der Waals surface area (Å²) in [5.41, 5.74) is 2.23. The number of benzene rings is 2. The van der Waals surface area contributed by atoms with Crippen LogP contribution in [-0.4, -0.2) is 28.0 Å². The zero-order valence-electron chi connectivity index (χ0n) is 17.5. The lowest BCUT2D eigenvalue weighted by molar-refractivity contribution is -0.116. The summed E-state index contributed by atoms with van der Waals surface area (Å²) in [6, 6.07) is 12.3. The second-order valence-electron chi connectivity index (χ2n) is 7.30. The number of ether oxygens (including phenoxy) is 2. The van der Waals surface area contributed by atoms with E-state index in [9.17, 15) is 13.2 Å². The molecule has 1 aliphatic heterocycles. The van der Waals surface area contributed by atoms with Gasteiger partial charge in [0.05, 0.1) is 24.3 Å². The van der Waals surface area contributed by atoms with Crippen LogP contribution < -0.4 is 14.8 Å². The Labute approximate surface area is 185 Å². The van der Waals surface area contributed by atoms with Gasteiger partial charge in [-0.1, -0.05) is 23.8 Å². The molecular weight excluding hydrogens is 434 g/mol. The number of anilines is 1. The van der Waals surface area contributed by atoms with Crippen LogP contribution in [0.3, 0.4) is 0 Å². The van der Waals surface area contributed by atoms with Gasteiger partial charge >= 0.3 is 0 Å². The maximum atomic E-state index is 13.3. The van der Waals surface area contributed by atoms with Gasteiger partial charge in [-0.05, 0) is 43.7 Å². The number of nitrogens with one attached hydrogen (secondary N) is 1. The van der Waals surface area contributed by atoms with Crippen molar-refractivity contribution in [3.05, 3.63) is 63.8 Å². The minimum absolute atomic E-state index is 0.132. The van der Waals surface area contributed by atoms with E-state index in [0.717, 1.165) is 16.0 Å². The van der Waals surface area contributed by atoms with E-state index in [0.29, 0.717) is 23.8 Å². The summed E-state index contributed by atoms with van der Waals surface area (Å²) in [6.07, 6.45) is 0.232. The molecule has 0 spiro atoms. The fraction of sp³-hybridized carbons (Fsp3) is 0.261. The van der Waals surface area contributed by atoms with Gasteiger partial charge in [0.2, 0.25) is 15.7 Å². The van der Waals surface area contributed by atoms with Crippen LogP contribution in [0.25, 0.3) is 0 Å². The van der Waals surface area contributed by atoms with Crippen LogP contribution in [0.15, 0.2) is 57.6 Å². The van der Waals surface area contributed by atoms with E-state index < -0.39 is 9.84 Å². The van der Waals surface area contributed by atoms with Gasteiger partial charge in [-0.15, -0.1) is 11.3 Å². The third-order valence-electron chi connectivity index (χ3n) is 5.27. The largest absolute Gasteiger partial charge is 0.493 e. The van der Waals surface area contributed by atoms with Crippen molar-refractivity contribution in [2.75, 3.05) is 19.0 Å². The Bertz CT molecular complexity index is 1230. The number of fused-ring (bicyclic) bond motifs is 1. The van der Waals surface area contributed by atoms with Crippen molar-refractivity contribution in [2.24, 2.45) is 0 Å². The van der Waals surface area contributed by atoms with Crippen molar-refractivity contribution < 1.29 is 22.7 Å². The first-order chi connectivity index (χ1) is 14.8. The van der Waals surface area contributed by atoms with Crippen LogP contribution in [-0.2, 0) is 14.6 Å². The van der Waals surface area contributed by atoms with Crippen molar-refractivity contribution in [3.63, 3.8) is 0 Å². The molecule has 1 aromatic heterocycles. The van der Waals surface area contributed by atoms with Crippen LogP contribution in [0.4, 0.5) is 5.69 Å². The number of methoxy groups -OCH3 is 1. The molecule has 2 heterocycles. The minimum Gasteiger partial charge on any atom is -0.493 e. The second-order valence-corrected chi connectivity index (χ2v) is 10.1. The molecule has 8 heteroatoms. The summed E-state index contributed by atoms with van der Waals surface area (Å²) < 4.78 is 37.6. The molecule has 0 saturated heterocycles. The average molecular weight is 458 g/mol. The van der Waals surface area contributed by atoms with E-state index in [2.05, 4.69) is 5.32 Å². The van der Waals surface area contributed by atoms with Crippen LogP contribution in [0, 0.1) is 6.92 Å². The van der Waals surface area contributed by atoms with Crippen molar-refractivity contribution in [1.29, 1.82) is 0 Å². The molecule has 0 saturated carbocycles. The fourth-order valence-corrected chi connectivity index (χ4v) is 6.60. The number of hydrogen-bond donors (Lipinski definition) is 1. The van der Waals surface area contributed by atoms with E-state index in [1.807, 2.05) is 32.0 Å². The van der Waals surface area contributed by atoms with Gasteiger partial charge in [-0.2, -0.15) is 0 Å². The molecule has 2 aromatic carbocycles. The molecule has 0 aliphatic carbocycles. The van der Waals surface area contributed by atoms with E-state index in [4.69, 9.17) is 9.47 Å². The molecule has 1 amide bonds. The highest BCUT2D eigenvalue weighted by Gasteiger charge is 2.34. The smallest absolute Gasteiger partial charge is 0.225 e. The number of thiophene rings is 1. The van der Waals surface area contributed by atoms with Crippen molar-refractivity contribution in [1.82, 2.24) is 0 Å². The maximum Gasteiger partial charge on any atom is 0.225 e. The summed E-state index contributed by atoms with van der Waals surface area (Å²) >= 11 is 1.34. The lowest BCUT2D eigenvalue weighted by Crippen LogP contribution is -2.23. The van der Waals surface area contributed by atoms with E-state index in [1.165, 1.54) is 11.3 Å². The Hall–Kier alpha value is -2.84. The second kappa shape index (κ2) is 8.36. The molecular formula is C23H23NO5S2. The molecule has 4 rings (SSSR count). The first-order valence-corrected chi connectivity index (χ1v) is 12.2. The number of amides is 1. The predicted octanol–water partition coefficient (Wildman–Crippen LogP) is 4.77. The standard InChI is InChI=1S/C23H23NO5S2/c1-4-29-19-11-15(7-10-18(19)28-3)17-12-21(25)24-22-20(13-30-23(17)22)31(26,27)16-8-5-14(2)6-9-16/h5-11,13,17H,4,12H2,1-3H3,(H,24,25)/t17-/m0/s1. The Morgan fingerprint density at radius 1 is 1.13 bits per heavy atom. The normalized spacial score (nSPS) is 15.8. The maximum absolute atomic E-state index is 13.3. The number of carbonyl (C=O) groups is 1. The number of carbonyl (C=O) groups excluding carboxylic acids is 1. The Kier molecular flexibility index (Phi) is 5.77. The van der Waals surface area contributed by atoms with Crippen molar-refractivity contribution in [3.8, 4) is 11.5 Å². The van der Waals surface area contributed by atoms with Gasteiger partial charge in [0, 0.05) is 22.6 Å². The molecule has 0 fully saturated rings. The molecule has 0 radical (unpaired) electrons. The monoisotopic (exact) mass is 457 g/mol. The highest BCUT2D eigenvalue weighted by atomic mass is 32.2. The van der Waals surface area contributed by atoms with Crippen LogP contribution in [0.2, 0.25) is 0 Å².